The standard InChI is InChI=1S/C20H22N4O5/c1-2-12-23-18(27)14-6-3-4-7-15(14)24-17(26)8-9-20(23,24)19(28)29-13-16(25)22-11-5-10-21/h3-4,6-7H,2,5,8-9,11-13H2,1H3,(H,22,25)/t20-/m0/s1. The molecule has 1 N–H and O–H groups in total. The van der Waals surface area contributed by atoms with Gasteiger partial charge in [-0.15, -0.1) is 0 Å². The van der Waals surface area contributed by atoms with Gasteiger partial charge in [0.15, 0.2) is 6.61 Å². The quantitative estimate of drug-likeness (QED) is 0.539. The Kier molecular flexibility index (Phi) is 5.82. The van der Waals surface area contributed by atoms with E-state index >= 15 is 0 Å². The second kappa shape index (κ2) is 8.31. The summed E-state index contributed by atoms with van der Waals surface area (Å²) >= 11 is 0. The average Bonchev–Trinajstić information content (AvgIpc) is 3.08. The molecule has 9 nitrogen and oxygen atoms in total. The Balaban J connectivity index is 1.92. The van der Waals surface area contributed by atoms with Gasteiger partial charge in [-0.2, -0.15) is 5.26 Å². The first-order chi connectivity index (χ1) is 14.0. The minimum Gasteiger partial charge on any atom is -0.452 e. The maximum absolute atomic E-state index is 13.2. The molecule has 29 heavy (non-hydrogen) atoms. The number of carbonyl (C=O) groups excluding carboxylic acids is 4. The van der Waals surface area contributed by atoms with Gasteiger partial charge in [0, 0.05) is 25.9 Å². The van der Waals surface area contributed by atoms with E-state index in [1.165, 1.54) is 9.80 Å². The normalized spacial score (nSPS) is 20.0. The van der Waals surface area contributed by atoms with Crippen molar-refractivity contribution in [1.82, 2.24) is 10.2 Å². The molecule has 2 aliphatic heterocycles. The minimum atomic E-state index is -1.59. The fraction of sp³-hybridized carbons (Fsp3) is 0.450. The molecule has 0 radical (unpaired) electrons. The predicted molar refractivity (Wildman–Crippen MR) is 101 cm³/mol. The van der Waals surface area contributed by atoms with Crippen LogP contribution < -0.4 is 10.2 Å². The van der Waals surface area contributed by atoms with Crippen molar-refractivity contribution in [2.45, 2.75) is 38.3 Å². The lowest BCUT2D eigenvalue weighted by molar-refractivity contribution is -0.160. The molecule has 1 aromatic carbocycles. The van der Waals surface area contributed by atoms with Crippen LogP contribution in [0.25, 0.3) is 0 Å². The van der Waals surface area contributed by atoms with Gasteiger partial charge in [-0.1, -0.05) is 19.1 Å². The van der Waals surface area contributed by atoms with E-state index in [0.717, 1.165) is 0 Å². The number of amides is 3. The van der Waals surface area contributed by atoms with E-state index in [4.69, 9.17) is 10.00 Å². The van der Waals surface area contributed by atoms with Crippen LogP contribution in [0.2, 0.25) is 0 Å². The highest BCUT2D eigenvalue weighted by Crippen LogP contribution is 2.45. The lowest BCUT2D eigenvalue weighted by Crippen LogP contribution is -2.68. The van der Waals surface area contributed by atoms with Crippen molar-refractivity contribution in [3.63, 3.8) is 0 Å². The SMILES string of the molecule is CCCN1C(=O)c2ccccc2N2C(=O)CC[C@]12C(=O)OCC(=O)NCCC#N. The van der Waals surface area contributed by atoms with Gasteiger partial charge in [0.1, 0.15) is 0 Å². The van der Waals surface area contributed by atoms with Gasteiger partial charge in [-0.3, -0.25) is 19.3 Å². The van der Waals surface area contributed by atoms with Crippen LogP contribution in [0.5, 0.6) is 0 Å². The Bertz CT molecular complexity index is 893. The first-order valence-corrected chi connectivity index (χ1v) is 9.52. The van der Waals surface area contributed by atoms with E-state index in [0.29, 0.717) is 17.7 Å². The van der Waals surface area contributed by atoms with Gasteiger partial charge in [0.2, 0.25) is 11.6 Å². The summed E-state index contributed by atoms with van der Waals surface area (Å²) in [5, 5.41) is 11.0. The van der Waals surface area contributed by atoms with Crippen molar-refractivity contribution in [3.8, 4) is 6.07 Å². The summed E-state index contributed by atoms with van der Waals surface area (Å²) < 4.78 is 5.25. The number of benzene rings is 1. The Morgan fingerprint density at radius 1 is 1.31 bits per heavy atom. The number of fused-ring (bicyclic) bond motifs is 3. The van der Waals surface area contributed by atoms with E-state index in [1.54, 1.807) is 24.3 Å². The van der Waals surface area contributed by atoms with Crippen molar-refractivity contribution in [3.05, 3.63) is 29.8 Å². The van der Waals surface area contributed by atoms with Crippen LogP contribution in [0, 0.1) is 11.3 Å². The van der Waals surface area contributed by atoms with Gasteiger partial charge in [-0.25, -0.2) is 4.79 Å². The lowest BCUT2D eigenvalue weighted by Gasteiger charge is -2.48. The van der Waals surface area contributed by atoms with Crippen molar-refractivity contribution >= 4 is 29.4 Å². The highest BCUT2D eigenvalue weighted by Gasteiger charge is 2.61. The number of carbonyl (C=O) groups is 4. The molecule has 3 amide bonds. The second-order valence-corrected chi connectivity index (χ2v) is 6.85. The number of esters is 1. The van der Waals surface area contributed by atoms with E-state index < -0.39 is 24.1 Å². The predicted octanol–water partition coefficient (Wildman–Crippen LogP) is 0.949. The number of rotatable bonds is 7. The molecule has 1 fully saturated rings. The van der Waals surface area contributed by atoms with Gasteiger partial charge in [0.05, 0.1) is 23.7 Å². The zero-order chi connectivity index (χ0) is 21.0. The maximum Gasteiger partial charge on any atom is 0.354 e. The third-order valence-corrected chi connectivity index (χ3v) is 5.04. The zero-order valence-electron chi connectivity index (χ0n) is 16.1. The summed E-state index contributed by atoms with van der Waals surface area (Å²) in [6, 6.07) is 8.57. The largest absolute Gasteiger partial charge is 0.452 e. The summed E-state index contributed by atoms with van der Waals surface area (Å²) in [6.45, 7) is 1.73. The first kappa shape index (κ1) is 20.3. The molecule has 2 aliphatic rings. The van der Waals surface area contributed by atoms with Crippen molar-refractivity contribution in [2.24, 2.45) is 0 Å². The Hall–Kier alpha value is -3.41. The average molecular weight is 398 g/mol. The van der Waals surface area contributed by atoms with Crippen LogP contribution in [0.15, 0.2) is 24.3 Å². The number of ether oxygens (including phenoxy) is 1. The van der Waals surface area contributed by atoms with Crippen LogP contribution in [-0.4, -0.2) is 54.0 Å². The fourth-order valence-corrected chi connectivity index (χ4v) is 3.83. The van der Waals surface area contributed by atoms with E-state index in [9.17, 15) is 19.2 Å². The minimum absolute atomic E-state index is 0.0886. The number of anilines is 1. The monoisotopic (exact) mass is 398 g/mol. The van der Waals surface area contributed by atoms with Gasteiger partial charge >= 0.3 is 5.97 Å². The molecule has 0 aliphatic carbocycles. The second-order valence-electron chi connectivity index (χ2n) is 6.85. The summed E-state index contributed by atoms with van der Waals surface area (Å²) in [4.78, 5) is 53.6. The molecule has 1 saturated heterocycles. The Morgan fingerprint density at radius 3 is 2.79 bits per heavy atom. The summed E-state index contributed by atoms with van der Waals surface area (Å²) in [5.74, 6) is -1.98. The Morgan fingerprint density at radius 2 is 2.07 bits per heavy atom. The molecule has 3 rings (SSSR count). The molecule has 9 heteroatoms. The third-order valence-electron chi connectivity index (χ3n) is 5.04. The molecule has 0 saturated carbocycles. The summed E-state index contributed by atoms with van der Waals surface area (Å²) in [7, 11) is 0. The summed E-state index contributed by atoms with van der Waals surface area (Å²) in [5.41, 5.74) is -0.859. The van der Waals surface area contributed by atoms with E-state index in [2.05, 4.69) is 5.32 Å². The van der Waals surface area contributed by atoms with Crippen molar-refractivity contribution < 1.29 is 23.9 Å². The highest BCUT2D eigenvalue weighted by atomic mass is 16.5. The van der Waals surface area contributed by atoms with Crippen molar-refractivity contribution in [1.29, 1.82) is 5.26 Å². The van der Waals surface area contributed by atoms with Crippen LogP contribution in [0.4, 0.5) is 5.69 Å². The zero-order valence-corrected chi connectivity index (χ0v) is 16.1. The molecule has 0 unspecified atom stereocenters. The fourth-order valence-electron chi connectivity index (χ4n) is 3.83. The third kappa shape index (κ3) is 3.42. The van der Waals surface area contributed by atoms with Crippen molar-refractivity contribution in [2.75, 3.05) is 24.6 Å². The van der Waals surface area contributed by atoms with Gasteiger partial charge in [0.25, 0.3) is 11.8 Å². The molecule has 1 atom stereocenters. The molecule has 1 aromatic rings. The molecule has 0 aromatic heterocycles. The molecule has 0 spiro atoms. The van der Waals surface area contributed by atoms with E-state index in [-0.39, 0.29) is 44.2 Å². The Labute approximate surface area is 168 Å². The van der Waals surface area contributed by atoms with Gasteiger partial charge < -0.3 is 15.0 Å². The summed E-state index contributed by atoms with van der Waals surface area (Å²) in [6.07, 6.45) is 0.910. The number of hydrogen-bond donors (Lipinski definition) is 1. The molecular formula is C20H22N4O5. The van der Waals surface area contributed by atoms with Crippen LogP contribution in [0.3, 0.4) is 0 Å². The number of para-hydroxylation sites is 1. The first-order valence-electron chi connectivity index (χ1n) is 9.52. The van der Waals surface area contributed by atoms with E-state index in [1.807, 2.05) is 13.0 Å². The van der Waals surface area contributed by atoms with Crippen LogP contribution in [0.1, 0.15) is 43.0 Å². The molecule has 152 valence electrons. The highest BCUT2D eigenvalue weighted by molar-refractivity contribution is 6.15. The number of nitriles is 1. The topological polar surface area (TPSA) is 120 Å². The molecule has 0 bridgehead atoms. The maximum atomic E-state index is 13.2. The molecular weight excluding hydrogens is 376 g/mol. The van der Waals surface area contributed by atoms with Gasteiger partial charge in [-0.05, 0) is 18.6 Å². The molecule has 2 heterocycles. The lowest BCUT2D eigenvalue weighted by atomic mass is 9.96. The van der Waals surface area contributed by atoms with Crippen LogP contribution in [-0.2, 0) is 19.1 Å². The number of hydrogen-bond acceptors (Lipinski definition) is 6. The van der Waals surface area contributed by atoms with Crippen LogP contribution >= 0.6 is 0 Å². The number of nitrogens with zero attached hydrogens (tertiary/aromatic N) is 3. The number of nitrogens with one attached hydrogen (secondary N) is 1. The smallest absolute Gasteiger partial charge is 0.354 e.